The first-order chi connectivity index (χ1) is 8.02. The summed E-state index contributed by atoms with van der Waals surface area (Å²) in [5.41, 5.74) is -0.798. The van der Waals surface area contributed by atoms with E-state index in [-0.39, 0.29) is 5.97 Å². The Labute approximate surface area is 103 Å². The summed E-state index contributed by atoms with van der Waals surface area (Å²) in [6.45, 7) is 5.37. The molecule has 0 aliphatic carbocycles. The molecule has 0 rings (SSSR count). The Morgan fingerprint density at radius 3 is 2.82 bits per heavy atom. The van der Waals surface area contributed by atoms with Crippen LogP contribution in [0, 0.1) is 0 Å². The van der Waals surface area contributed by atoms with E-state index in [1.807, 2.05) is 0 Å². The molecule has 5 heteroatoms. The van der Waals surface area contributed by atoms with Gasteiger partial charge in [-0.25, -0.2) is 4.79 Å². The van der Waals surface area contributed by atoms with Crippen LogP contribution >= 0.6 is 0 Å². The van der Waals surface area contributed by atoms with E-state index < -0.39 is 5.60 Å². The van der Waals surface area contributed by atoms with Crippen LogP contribution in [0.2, 0.25) is 0 Å². The highest BCUT2D eigenvalue weighted by Crippen LogP contribution is 2.06. The molecule has 2 N–H and O–H groups in total. The number of carbonyl (C=O) groups excluding carboxylic acids is 1. The van der Waals surface area contributed by atoms with Crippen molar-refractivity contribution in [1.29, 1.82) is 0 Å². The lowest BCUT2D eigenvalue weighted by Gasteiger charge is -2.22. The lowest BCUT2D eigenvalue weighted by molar-refractivity contribution is -0.137. The fraction of sp³-hybridized carbons (Fsp3) is 0.750. The predicted molar refractivity (Wildman–Crippen MR) is 65.8 cm³/mol. The number of ether oxygens (including phenoxy) is 2. The average molecular weight is 245 g/mol. The van der Waals surface area contributed by atoms with E-state index in [0.29, 0.717) is 32.7 Å². The van der Waals surface area contributed by atoms with Crippen LogP contribution in [0.4, 0.5) is 0 Å². The molecule has 0 amide bonds. The molecule has 0 fully saturated rings. The molecule has 0 spiro atoms. The van der Waals surface area contributed by atoms with Gasteiger partial charge in [0, 0.05) is 39.3 Å². The zero-order chi connectivity index (χ0) is 13.1. The predicted octanol–water partition coefficient (Wildman–Crippen LogP) is 0.483. The maximum Gasteiger partial charge on any atom is 0.330 e. The first-order valence-electron chi connectivity index (χ1n) is 5.77. The summed E-state index contributed by atoms with van der Waals surface area (Å²) < 4.78 is 9.62. The van der Waals surface area contributed by atoms with Crippen LogP contribution in [0.15, 0.2) is 12.2 Å². The van der Waals surface area contributed by atoms with Gasteiger partial charge in [-0.05, 0) is 13.8 Å². The van der Waals surface area contributed by atoms with Gasteiger partial charge in [-0.15, -0.1) is 0 Å². The van der Waals surface area contributed by atoms with Crippen molar-refractivity contribution in [2.45, 2.75) is 25.9 Å². The van der Waals surface area contributed by atoms with E-state index in [4.69, 9.17) is 9.47 Å². The first kappa shape index (κ1) is 16.1. The summed E-state index contributed by atoms with van der Waals surface area (Å²) in [5, 5.41) is 12.9. The van der Waals surface area contributed by atoms with Crippen LogP contribution in [0.5, 0.6) is 0 Å². The van der Waals surface area contributed by atoms with E-state index in [9.17, 15) is 9.90 Å². The lowest BCUT2D eigenvalue weighted by Crippen LogP contribution is -2.38. The number of hydrogen-bond acceptors (Lipinski definition) is 5. The quantitative estimate of drug-likeness (QED) is 0.351. The Hall–Kier alpha value is -0.910. The van der Waals surface area contributed by atoms with Crippen molar-refractivity contribution in [2.75, 3.05) is 33.4 Å². The van der Waals surface area contributed by atoms with Gasteiger partial charge >= 0.3 is 5.97 Å². The lowest BCUT2D eigenvalue weighted by atomic mass is 10.0. The van der Waals surface area contributed by atoms with Crippen molar-refractivity contribution in [3.05, 3.63) is 12.2 Å². The summed E-state index contributed by atoms with van der Waals surface area (Å²) in [6, 6.07) is 0. The molecule has 0 aromatic rings. The molecule has 0 saturated heterocycles. The molecule has 0 bridgehead atoms. The summed E-state index contributed by atoms with van der Waals surface area (Å²) in [5.74, 6) is -0.347. The number of hydrogen-bond donors (Lipinski definition) is 2. The monoisotopic (exact) mass is 245 g/mol. The Kier molecular flexibility index (Phi) is 8.66. The number of methoxy groups -OCH3 is 1. The highest BCUT2D eigenvalue weighted by atomic mass is 16.5. The minimum atomic E-state index is -0.798. The number of carbonyl (C=O) groups is 1. The number of nitrogens with one attached hydrogen (secondary N) is 1. The maximum atomic E-state index is 10.9. The van der Waals surface area contributed by atoms with Gasteiger partial charge < -0.3 is 19.9 Å². The van der Waals surface area contributed by atoms with E-state index in [1.54, 1.807) is 27.0 Å². The first-order valence-corrected chi connectivity index (χ1v) is 5.77. The molecule has 1 atom stereocenters. The van der Waals surface area contributed by atoms with Crippen LogP contribution in [-0.4, -0.2) is 50.1 Å². The van der Waals surface area contributed by atoms with Gasteiger partial charge in [0.05, 0.1) is 12.2 Å². The van der Waals surface area contributed by atoms with Crippen molar-refractivity contribution >= 4 is 5.97 Å². The SMILES string of the molecule is CCOC(=O)/C=C/CNCC(C)(O)CCOC. The average Bonchev–Trinajstić information content (AvgIpc) is 2.26. The number of esters is 1. The van der Waals surface area contributed by atoms with E-state index in [1.165, 1.54) is 6.08 Å². The largest absolute Gasteiger partial charge is 0.463 e. The molecule has 0 aliphatic rings. The van der Waals surface area contributed by atoms with Gasteiger partial charge in [-0.2, -0.15) is 0 Å². The minimum Gasteiger partial charge on any atom is -0.463 e. The Morgan fingerprint density at radius 2 is 2.24 bits per heavy atom. The fourth-order valence-electron chi connectivity index (χ4n) is 1.18. The fourth-order valence-corrected chi connectivity index (χ4v) is 1.18. The van der Waals surface area contributed by atoms with E-state index in [2.05, 4.69) is 5.32 Å². The van der Waals surface area contributed by atoms with Crippen LogP contribution in [0.25, 0.3) is 0 Å². The molecular weight excluding hydrogens is 222 g/mol. The molecular formula is C12H23NO4. The normalized spacial score (nSPS) is 14.8. The van der Waals surface area contributed by atoms with Crippen molar-refractivity contribution in [1.82, 2.24) is 5.32 Å². The third kappa shape index (κ3) is 9.99. The molecule has 1 unspecified atom stereocenters. The van der Waals surface area contributed by atoms with Crippen LogP contribution in [0.1, 0.15) is 20.3 Å². The highest BCUT2D eigenvalue weighted by molar-refractivity contribution is 5.81. The Bertz CT molecular complexity index is 239. The smallest absolute Gasteiger partial charge is 0.330 e. The molecule has 17 heavy (non-hydrogen) atoms. The molecule has 0 aliphatic heterocycles. The maximum absolute atomic E-state index is 10.9. The van der Waals surface area contributed by atoms with Gasteiger partial charge in [-0.3, -0.25) is 0 Å². The summed E-state index contributed by atoms with van der Waals surface area (Å²) >= 11 is 0. The van der Waals surface area contributed by atoms with Gasteiger partial charge in [0.2, 0.25) is 0 Å². The minimum absolute atomic E-state index is 0.347. The van der Waals surface area contributed by atoms with Crippen molar-refractivity contribution < 1.29 is 19.4 Å². The Balaban J connectivity index is 3.65. The molecule has 0 radical (unpaired) electrons. The number of aliphatic hydroxyl groups is 1. The second-order valence-corrected chi connectivity index (χ2v) is 4.03. The second-order valence-electron chi connectivity index (χ2n) is 4.03. The molecule has 0 aromatic carbocycles. The Morgan fingerprint density at radius 1 is 1.53 bits per heavy atom. The zero-order valence-electron chi connectivity index (χ0n) is 10.9. The van der Waals surface area contributed by atoms with Crippen LogP contribution in [-0.2, 0) is 14.3 Å². The van der Waals surface area contributed by atoms with Crippen molar-refractivity contribution in [3.63, 3.8) is 0 Å². The van der Waals surface area contributed by atoms with E-state index in [0.717, 1.165) is 0 Å². The summed E-state index contributed by atoms with van der Waals surface area (Å²) in [7, 11) is 1.60. The summed E-state index contributed by atoms with van der Waals surface area (Å²) in [4.78, 5) is 10.9. The summed E-state index contributed by atoms with van der Waals surface area (Å²) in [6.07, 6.45) is 3.61. The van der Waals surface area contributed by atoms with Crippen LogP contribution < -0.4 is 5.32 Å². The van der Waals surface area contributed by atoms with Crippen LogP contribution in [0.3, 0.4) is 0 Å². The second kappa shape index (κ2) is 9.15. The molecule has 0 aromatic heterocycles. The number of rotatable bonds is 9. The van der Waals surface area contributed by atoms with Gasteiger partial charge in [-0.1, -0.05) is 6.08 Å². The third-order valence-electron chi connectivity index (χ3n) is 2.15. The van der Waals surface area contributed by atoms with E-state index >= 15 is 0 Å². The third-order valence-corrected chi connectivity index (χ3v) is 2.15. The van der Waals surface area contributed by atoms with Gasteiger partial charge in [0.1, 0.15) is 0 Å². The van der Waals surface area contributed by atoms with Crippen molar-refractivity contribution in [3.8, 4) is 0 Å². The molecule has 5 nitrogen and oxygen atoms in total. The molecule has 0 saturated carbocycles. The highest BCUT2D eigenvalue weighted by Gasteiger charge is 2.18. The zero-order valence-corrected chi connectivity index (χ0v) is 10.9. The molecule has 100 valence electrons. The van der Waals surface area contributed by atoms with Gasteiger partial charge in [0.25, 0.3) is 0 Å². The van der Waals surface area contributed by atoms with Crippen molar-refractivity contribution in [2.24, 2.45) is 0 Å². The standard InChI is InChI=1S/C12H23NO4/c1-4-17-11(14)6-5-8-13-10-12(2,15)7-9-16-3/h5-6,13,15H,4,7-10H2,1-3H3/b6-5+. The molecule has 0 heterocycles. The van der Waals surface area contributed by atoms with Gasteiger partial charge in [0.15, 0.2) is 0 Å². The topological polar surface area (TPSA) is 67.8 Å².